The van der Waals surface area contributed by atoms with Crippen molar-refractivity contribution in [1.82, 2.24) is 14.9 Å². The van der Waals surface area contributed by atoms with Gasteiger partial charge in [0.1, 0.15) is 6.10 Å². The van der Waals surface area contributed by atoms with E-state index in [-0.39, 0.29) is 17.4 Å². The number of ether oxygens (including phenoxy) is 2. The summed E-state index contributed by atoms with van der Waals surface area (Å²) in [7, 11) is 0. The Bertz CT molecular complexity index is 578. The van der Waals surface area contributed by atoms with Crippen LogP contribution in [0.2, 0.25) is 0 Å². The van der Waals surface area contributed by atoms with E-state index in [0.29, 0.717) is 26.4 Å². The van der Waals surface area contributed by atoms with Crippen molar-refractivity contribution < 1.29 is 14.3 Å². The molecule has 24 heavy (non-hydrogen) atoms. The van der Waals surface area contributed by atoms with E-state index in [1.165, 1.54) is 0 Å². The molecule has 0 unspecified atom stereocenters. The molecule has 1 aromatic rings. The predicted molar refractivity (Wildman–Crippen MR) is 87.7 cm³/mol. The molecule has 7 heteroatoms. The smallest absolute Gasteiger partial charge is 0.251 e. The molecule has 1 aromatic heterocycles. The monoisotopic (exact) mass is 332 g/mol. The van der Waals surface area contributed by atoms with Crippen molar-refractivity contribution in [3.63, 3.8) is 0 Å². The van der Waals surface area contributed by atoms with Crippen LogP contribution in [-0.4, -0.2) is 72.9 Å². The maximum Gasteiger partial charge on any atom is 0.251 e. The maximum atomic E-state index is 12.8. The van der Waals surface area contributed by atoms with E-state index in [1.807, 2.05) is 11.0 Å². The zero-order valence-electron chi connectivity index (χ0n) is 13.9. The van der Waals surface area contributed by atoms with Gasteiger partial charge >= 0.3 is 0 Å². The van der Waals surface area contributed by atoms with Crippen molar-refractivity contribution in [3.8, 4) is 0 Å². The van der Waals surface area contributed by atoms with Crippen molar-refractivity contribution in [3.05, 3.63) is 18.5 Å². The second-order valence-electron chi connectivity index (χ2n) is 7.03. The number of amides is 1. The van der Waals surface area contributed by atoms with Crippen molar-refractivity contribution in [2.24, 2.45) is 5.41 Å². The van der Waals surface area contributed by atoms with Gasteiger partial charge in [0.15, 0.2) is 0 Å². The molecule has 3 fully saturated rings. The molecule has 130 valence electrons. The van der Waals surface area contributed by atoms with Crippen molar-refractivity contribution >= 4 is 11.9 Å². The molecule has 1 amide bonds. The molecule has 1 spiro atoms. The third kappa shape index (κ3) is 3.10. The van der Waals surface area contributed by atoms with Crippen LogP contribution in [0.3, 0.4) is 0 Å². The van der Waals surface area contributed by atoms with Gasteiger partial charge in [-0.3, -0.25) is 4.79 Å². The van der Waals surface area contributed by atoms with Crippen LogP contribution in [0, 0.1) is 5.41 Å². The summed E-state index contributed by atoms with van der Waals surface area (Å²) in [6, 6.07) is 1.83. The van der Waals surface area contributed by atoms with Gasteiger partial charge in [-0.15, -0.1) is 0 Å². The van der Waals surface area contributed by atoms with Crippen molar-refractivity contribution in [2.75, 3.05) is 50.9 Å². The van der Waals surface area contributed by atoms with Crippen LogP contribution in [-0.2, 0) is 14.3 Å². The first-order valence-corrected chi connectivity index (χ1v) is 8.76. The first-order chi connectivity index (χ1) is 11.8. The van der Waals surface area contributed by atoms with Crippen LogP contribution < -0.4 is 4.90 Å². The molecule has 0 bridgehead atoms. The largest absolute Gasteiger partial charge is 0.379 e. The minimum absolute atomic E-state index is 0.0377. The molecule has 3 saturated heterocycles. The van der Waals surface area contributed by atoms with Crippen LogP contribution in [0.15, 0.2) is 18.5 Å². The van der Waals surface area contributed by atoms with E-state index in [0.717, 1.165) is 44.8 Å². The average molecular weight is 332 g/mol. The number of carbonyl (C=O) groups excluding carboxylic acids is 1. The minimum Gasteiger partial charge on any atom is -0.379 e. The highest BCUT2D eigenvalue weighted by molar-refractivity contribution is 5.81. The van der Waals surface area contributed by atoms with Gasteiger partial charge in [-0.05, 0) is 25.3 Å². The summed E-state index contributed by atoms with van der Waals surface area (Å²) >= 11 is 0. The number of rotatable bonds is 2. The summed E-state index contributed by atoms with van der Waals surface area (Å²) in [5, 5.41) is 0. The molecule has 0 saturated carbocycles. The highest BCUT2D eigenvalue weighted by atomic mass is 16.5. The van der Waals surface area contributed by atoms with Gasteiger partial charge in [-0.25, -0.2) is 9.97 Å². The van der Waals surface area contributed by atoms with Crippen molar-refractivity contribution in [1.29, 1.82) is 0 Å². The quantitative estimate of drug-likeness (QED) is 0.795. The van der Waals surface area contributed by atoms with E-state index in [9.17, 15) is 4.79 Å². The number of carbonyl (C=O) groups is 1. The lowest BCUT2D eigenvalue weighted by Crippen LogP contribution is -2.46. The third-order valence-electron chi connectivity index (χ3n) is 5.23. The summed E-state index contributed by atoms with van der Waals surface area (Å²) in [5.74, 6) is 0.891. The van der Waals surface area contributed by atoms with E-state index < -0.39 is 0 Å². The van der Waals surface area contributed by atoms with E-state index >= 15 is 0 Å². The van der Waals surface area contributed by atoms with Crippen LogP contribution in [0.1, 0.15) is 19.3 Å². The minimum atomic E-state index is -0.255. The SMILES string of the molecule is O=C([C@H]1CCCO1)N1CCOC[C@@]2(CCN(c3ncccn3)C2)C1. The van der Waals surface area contributed by atoms with Crippen LogP contribution in [0.5, 0.6) is 0 Å². The lowest BCUT2D eigenvalue weighted by molar-refractivity contribution is -0.141. The highest BCUT2D eigenvalue weighted by Crippen LogP contribution is 2.35. The molecule has 0 aliphatic carbocycles. The van der Waals surface area contributed by atoms with Gasteiger partial charge in [-0.1, -0.05) is 0 Å². The predicted octanol–water partition coefficient (Wildman–Crippen LogP) is 0.711. The summed E-state index contributed by atoms with van der Waals surface area (Å²) in [6.45, 7) is 5.09. The average Bonchev–Trinajstić information content (AvgIpc) is 3.24. The van der Waals surface area contributed by atoms with Gasteiger partial charge in [-0.2, -0.15) is 0 Å². The second kappa shape index (κ2) is 6.64. The second-order valence-corrected chi connectivity index (χ2v) is 7.03. The fourth-order valence-corrected chi connectivity index (χ4v) is 3.96. The zero-order chi connectivity index (χ0) is 16.4. The molecule has 3 aliphatic heterocycles. The van der Waals surface area contributed by atoms with E-state index in [1.54, 1.807) is 12.4 Å². The number of hydrogen-bond acceptors (Lipinski definition) is 6. The molecule has 7 nitrogen and oxygen atoms in total. The molecule has 4 heterocycles. The van der Waals surface area contributed by atoms with Crippen molar-refractivity contribution in [2.45, 2.75) is 25.4 Å². The number of nitrogens with zero attached hydrogens (tertiary/aromatic N) is 4. The topological polar surface area (TPSA) is 67.8 Å². The maximum absolute atomic E-state index is 12.8. The Morgan fingerprint density at radius 2 is 2.08 bits per heavy atom. The zero-order valence-corrected chi connectivity index (χ0v) is 13.9. The van der Waals surface area contributed by atoms with Gasteiger partial charge in [0.05, 0.1) is 13.2 Å². The van der Waals surface area contributed by atoms with Crippen LogP contribution in [0.4, 0.5) is 5.95 Å². The Hall–Kier alpha value is -1.73. The Labute approximate surface area is 142 Å². The first-order valence-electron chi connectivity index (χ1n) is 8.76. The van der Waals surface area contributed by atoms with Gasteiger partial charge in [0.2, 0.25) is 5.95 Å². The number of hydrogen-bond donors (Lipinski definition) is 0. The normalized spacial score (nSPS) is 30.8. The molecule has 3 aliphatic rings. The van der Waals surface area contributed by atoms with Gasteiger partial charge in [0.25, 0.3) is 5.91 Å². The molecule has 0 N–H and O–H groups in total. The third-order valence-corrected chi connectivity index (χ3v) is 5.23. The molecule has 0 aromatic carbocycles. The summed E-state index contributed by atoms with van der Waals surface area (Å²) in [5.41, 5.74) is -0.0377. The van der Waals surface area contributed by atoms with Gasteiger partial charge in [0, 0.05) is 50.6 Å². The van der Waals surface area contributed by atoms with E-state index in [2.05, 4.69) is 14.9 Å². The lowest BCUT2D eigenvalue weighted by atomic mass is 9.87. The summed E-state index contributed by atoms with van der Waals surface area (Å²) in [6.07, 6.45) is 6.09. The van der Waals surface area contributed by atoms with Crippen LogP contribution in [0.25, 0.3) is 0 Å². The molecule has 2 atom stereocenters. The Morgan fingerprint density at radius 3 is 2.88 bits per heavy atom. The first kappa shape index (κ1) is 15.8. The van der Waals surface area contributed by atoms with E-state index in [4.69, 9.17) is 9.47 Å². The molecular weight excluding hydrogens is 308 g/mol. The Balaban J connectivity index is 1.47. The lowest BCUT2D eigenvalue weighted by Gasteiger charge is -2.32. The van der Waals surface area contributed by atoms with Gasteiger partial charge < -0.3 is 19.3 Å². The molecular formula is C17H24N4O3. The standard InChI is InChI=1S/C17H24N4O3/c22-15(14-3-1-9-24-14)20-8-10-23-13-17(11-20)4-7-21(12-17)16-18-5-2-6-19-16/h2,5-6,14H,1,3-4,7-13H2/t14-,17+/m1/s1. The van der Waals surface area contributed by atoms with Crippen LogP contribution >= 0.6 is 0 Å². The summed E-state index contributed by atoms with van der Waals surface area (Å²) < 4.78 is 11.4. The fraction of sp³-hybridized carbons (Fsp3) is 0.706. The number of aromatic nitrogens is 2. The fourth-order valence-electron chi connectivity index (χ4n) is 3.96. The molecule has 4 rings (SSSR count). The Morgan fingerprint density at radius 1 is 1.21 bits per heavy atom. The summed E-state index contributed by atoms with van der Waals surface area (Å²) in [4.78, 5) is 25.6. The molecule has 0 radical (unpaired) electrons. The highest BCUT2D eigenvalue weighted by Gasteiger charge is 2.44. The number of anilines is 1. The Kier molecular flexibility index (Phi) is 4.37.